The molecule has 0 spiro atoms. The Labute approximate surface area is 144 Å². The first-order valence-corrected chi connectivity index (χ1v) is 7.73. The van der Waals surface area contributed by atoms with Gasteiger partial charge in [0.05, 0.1) is 7.11 Å². The van der Waals surface area contributed by atoms with Crippen LogP contribution < -0.4 is 15.4 Å². The minimum Gasteiger partial charge on any atom is -0.497 e. The summed E-state index contributed by atoms with van der Waals surface area (Å²) in [5.74, 6) is -0.0462. The van der Waals surface area contributed by atoms with Crippen LogP contribution in [0.5, 0.6) is 5.75 Å². The Morgan fingerprint density at radius 3 is 2.52 bits per heavy atom. The van der Waals surface area contributed by atoms with E-state index >= 15 is 0 Å². The molecule has 3 rings (SSSR count). The number of anilines is 1. The molecule has 7 nitrogen and oxygen atoms in total. The van der Waals surface area contributed by atoms with E-state index in [1.54, 1.807) is 48.5 Å². The van der Waals surface area contributed by atoms with Crippen molar-refractivity contribution in [2.24, 2.45) is 0 Å². The predicted molar refractivity (Wildman–Crippen MR) is 91.8 cm³/mol. The SMILES string of the molecule is COc1cccc(C(=O)Nc2ccc(C(=O)N3CCNC3=O)cc2)c1. The van der Waals surface area contributed by atoms with Crippen LogP contribution in [0.3, 0.4) is 0 Å². The van der Waals surface area contributed by atoms with Crippen LogP contribution in [-0.4, -0.2) is 42.9 Å². The smallest absolute Gasteiger partial charge is 0.324 e. The first-order valence-electron chi connectivity index (χ1n) is 7.73. The lowest BCUT2D eigenvalue weighted by atomic mass is 10.1. The number of carbonyl (C=O) groups excluding carboxylic acids is 3. The van der Waals surface area contributed by atoms with Gasteiger partial charge < -0.3 is 15.4 Å². The monoisotopic (exact) mass is 339 g/mol. The topological polar surface area (TPSA) is 87.7 Å². The van der Waals surface area contributed by atoms with E-state index in [4.69, 9.17) is 4.74 Å². The van der Waals surface area contributed by atoms with E-state index in [2.05, 4.69) is 10.6 Å². The molecule has 2 N–H and O–H groups in total. The van der Waals surface area contributed by atoms with Gasteiger partial charge in [-0.1, -0.05) is 6.07 Å². The number of amides is 4. The fraction of sp³-hybridized carbons (Fsp3) is 0.167. The molecule has 0 radical (unpaired) electrons. The zero-order valence-electron chi connectivity index (χ0n) is 13.6. The van der Waals surface area contributed by atoms with Crippen LogP contribution in [0.4, 0.5) is 10.5 Å². The van der Waals surface area contributed by atoms with E-state index in [0.29, 0.717) is 35.7 Å². The highest BCUT2D eigenvalue weighted by Crippen LogP contribution is 2.16. The van der Waals surface area contributed by atoms with Gasteiger partial charge in [0, 0.05) is 29.9 Å². The Kier molecular flexibility index (Phi) is 4.65. The van der Waals surface area contributed by atoms with Gasteiger partial charge in [0.15, 0.2) is 0 Å². The second-order valence-electron chi connectivity index (χ2n) is 5.45. The highest BCUT2D eigenvalue weighted by atomic mass is 16.5. The molecule has 2 aromatic rings. The van der Waals surface area contributed by atoms with Crippen LogP contribution in [0.25, 0.3) is 0 Å². The van der Waals surface area contributed by atoms with Crippen molar-refractivity contribution in [1.82, 2.24) is 10.2 Å². The van der Waals surface area contributed by atoms with Crippen LogP contribution in [0, 0.1) is 0 Å². The van der Waals surface area contributed by atoms with Gasteiger partial charge in [-0.05, 0) is 42.5 Å². The van der Waals surface area contributed by atoms with E-state index in [1.165, 1.54) is 7.11 Å². The maximum atomic E-state index is 12.3. The maximum absolute atomic E-state index is 12.3. The van der Waals surface area contributed by atoms with Crippen molar-refractivity contribution in [1.29, 1.82) is 0 Å². The average molecular weight is 339 g/mol. The van der Waals surface area contributed by atoms with Gasteiger partial charge in [-0.3, -0.25) is 14.5 Å². The Morgan fingerprint density at radius 1 is 1.12 bits per heavy atom. The molecular weight excluding hydrogens is 322 g/mol. The molecule has 2 aromatic carbocycles. The van der Waals surface area contributed by atoms with Crippen LogP contribution >= 0.6 is 0 Å². The average Bonchev–Trinajstić information content (AvgIpc) is 3.07. The summed E-state index contributed by atoms with van der Waals surface area (Å²) in [4.78, 5) is 37.2. The Hall–Kier alpha value is -3.35. The molecule has 25 heavy (non-hydrogen) atoms. The standard InChI is InChI=1S/C18H17N3O4/c1-25-15-4-2-3-13(11-15)16(22)20-14-7-5-12(6-8-14)17(23)21-10-9-19-18(21)24/h2-8,11H,9-10H2,1H3,(H,19,24)(H,20,22). The van der Waals surface area contributed by atoms with Gasteiger partial charge in [-0.15, -0.1) is 0 Å². The lowest BCUT2D eigenvalue weighted by molar-refractivity contribution is 0.0829. The Morgan fingerprint density at radius 2 is 1.88 bits per heavy atom. The number of rotatable bonds is 4. The second kappa shape index (κ2) is 7.04. The molecule has 0 saturated carbocycles. The minimum atomic E-state index is -0.389. The molecule has 7 heteroatoms. The van der Waals surface area contributed by atoms with Crippen molar-refractivity contribution < 1.29 is 19.1 Å². The number of nitrogens with one attached hydrogen (secondary N) is 2. The highest BCUT2D eigenvalue weighted by molar-refractivity contribution is 6.06. The third-order valence-corrected chi connectivity index (χ3v) is 3.82. The zero-order chi connectivity index (χ0) is 17.8. The zero-order valence-corrected chi connectivity index (χ0v) is 13.6. The second-order valence-corrected chi connectivity index (χ2v) is 5.45. The van der Waals surface area contributed by atoms with E-state index < -0.39 is 0 Å². The van der Waals surface area contributed by atoms with Crippen LogP contribution in [0.1, 0.15) is 20.7 Å². The van der Waals surface area contributed by atoms with Gasteiger partial charge in [-0.2, -0.15) is 0 Å². The fourth-order valence-electron chi connectivity index (χ4n) is 2.48. The molecule has 0 bridgehead atoms. The third-order valence-electron chi connectivity index (χ3n) is 3.82. The van der Waals surface area contributed by atoms with Gasteiger partial charge in [0.1, 0.15) is 5.75 Å². The molecule has 0 aromatic heterocycles. The summed E-state index contributed by atoms with van der Waals surface area (Å²) < 4.78 is 5.10. The summed E-state index contributed by atoms with van der Waals surface area (Å²) in [5, 5.41) is 5.34. The first-order chi connectivity index (χ1) is 12.1. The summed E-state index contributed by atoms with van der Waals surface area (Å²) in [6.45, 7) is 0.811. The Balaban J connectivity index is 1.69. The Bertz CT molecular complexity index is 817. The molecule has 128 valence electrons. The molecule has 0 atom stereocenters. The fourth-order valence-corrected chi connectivity index (χ4v) is 2.48. The maximum Gasteiger partial charge on any atom is 0.324 e. The number of nitrogens with zero attached hydrogens (tertiary/aromatic N) is 1. The first kappa shape index (κ1) is 16.5. The molecule has 1 aliphatic heterocycles. The van der Waals surface area contributed by atoms with E-state index in [0.717, 1.165) is 4.90 Å². The van der Waals surface area contributed by atoms with Crippen LogP contribution in [0.2, 0.25) is 0 Å². The van der Waals surface area contributed by atoms with Crippen molar-refractivity contribution >= 4 is 23.5 Å². The molecule has 0 aliphatic carbocycles. The minimum absolute atomic E-state index is 0.281. The molecule has 1 fully saturated rings. The largest absolute Gasteiger partial charge is 0.497 e. The summed E-state index contributed by atoms with van der Waals surface area (Å²) in [6, 6.07) is 12.8. The summed E-state index contributed by atoms with van der Waals surface area (Å²) >= 11 is 0. The van der Waals surface area contributed by atoms with Crippen molar-refractivity contribution in [3.63, 3.8) is 0 Å². The van der Waals surface area contributed by atoms with E-state index in [9.17, 15) is 14.4 Å². The summed E-state index contributed by atoms with van der Waals surface area (Å²) in [5.41, 5.74) is 1.40. The van der Waals surface area contributed by atoms with Crippen molar-refractivity contribution in [3.8, 4) is 5.75 Å². The lowest BCUT2D eigenvalue weighted by Crippen LogP contribution is -2.34. The number of carbonyl (C=O) groups is 3. The molecule has 1 heterocycles. The van der Waals surface area contributed by atoms with Crippen LogP contribution in [0.15, 0.2) is 48.5 Å². The van der Waals surface area contributed by atoms with Crippen molar-refractivity contribution in [2.75, 3.05) is 25.5 Å². The van der Waals surface area contributed by atoms with E-state index in [-0.39, 0.29) is 17.8 Å². The number of hydrogen-bond donors (Lipinski definition) is 2. The van der Waals surface area contributed by atoms with Crippen molar-refractivity contribution in [3.05, 3.63) is 59.7 Å². The van der Waals surface area contributed by atoms with E-state index in [1.807, 2.05) is 0 Å². The molecular formula is C18H17N3O4. The van der Waals surface area contributed by atoms with Crippen molar-refractivity contribution in [2.45, 2.75) is 0 Å². The number of methoxy groups -OCH3 is 1. The molecule has 1 saturated heterocycles. The molecule has 4 amide bonds. The van der Waals surface area contributed by atoms with Gasteiger partial charge in [0.2, 0.25) is 0 Å². The third kappa shape index (κ3) is 3.60. The molecule has 0 unspecified atom stereocenters. The number of hydrogen-bond acceptors (Lipinski definition) is 4. The lowest BCUT2D eigenvalue weighted by Gasteiger charge is -2.12. The van der Waals surface area contributed by atoms with Gasteiger partial charge in [0.25, 0.3) is 11.8 Å². The number of urea groups is 1. The van der Waals surface area contributed by atoms with Gasteiger partial charge >= 0.3 is 6.03 Å². The van der Waals surface area contributed by atoms with Gasteiger partial charge in [-0.25, -0.2) is 4.79 Å². The number of ether oxygens (including phenoxy) is 1. The quantitative estimate of drug-likeness (QED) is 0.893. The van der Waals surface area contributed by atoms with Crippen LogP contribution in [-0.2, 0) is 0 Å². The molecule has 1 aliphatic rings. The normalized spacial score (nSPS) is 13.3. The number of benzene rings is 2. The number of imide groups is 1. The highest BCUT2D eigenvalue weighted by Gasteiger charge is 2.26. The predicted octanol–water partition coefficient (Wildman–Crippen LogP) is 2.11. The summed E-state index contributed by atoms with van der Waals surface area (Å²) in [7, 11) is 1.54. The summed E-state index contributed by atoms with van der Waals surface area (Å²) in [6.07, 6.45) is 0.